The number of rotatable bonds is 2. The lowest BCUT2D eigenvalue weighted by Crippen LogP contribution is -1.83. The highest BCUT2D eigenvalue weighted by Crippen LogP contribution is 2.23. The summed E-state index contributed by atoms with van der Waals surface area (Å²) in [5.41, 5.74) is 0.371. The van der Waals surface area contributed by atoms with Crippen LogP contribution in [0, 0.1) is 11.6 Å². The Morgan fingerprint density at radius 2 is 1.87 bits per heavy atom. The van der Waals surface area contributed by atoms with Crippen LogP contribution in [0.25, 0.3) is 11.3 Å². The number of halogens is 2. The van der Waals surface area contributed by atoms with Crippen LogP contribution < -0.4 is 0 Å². The van der Waals surface area contributed by atoms with Crippen LogP contribution in [0.4, 0.5) is 8.78 Å². The quantitative estimate of drug-likeness (QED) is 0.757. The Hall–Kier alpha value is -1.97. The minimum Gasteiger partial charge on any atom is -0.452 e. The molecule has 0 spiro atoms. The van der Waals surface area contributed by atoms with Crippen molar-refractivity contribution in [3.63, 3.8) is 0 Å². The first kappa shape index (κ1) is 9.58. The zero-order chi connectivity index (χ0) is 10.8. The van der Waals surface area contributed by atoms with Gasteiger partial charge in [-0.15, -0.1) is 0 Å². The summed E-state index contributed by atoms with van der Waals surface area (Å²) >= 11 is 0. The van der Waals surface area contributed by atoms with Gasteiger partial charge in [0.25, 0.3) is 6.29 Å². The Morgan fingerprint density at radius 1 is 1.07 bits per heavy atom. The van der Waals surface area contributed by atoms with Crippen LogP contribution >= 0.6 is 0 Å². The molecular formula is C11H5F2O2. The fourth-order valence-corrected chi connectivity index (χ4v) is 1.20. The fraction of sp³-hybridized carbons (Fsp3) is 0. The van der Waals surface area contributed by atoms with Crippen LogP contribution in [0.5, 0.6) is 0 Å². The second-order valence-electron chi connectivity index (χ2n) is 2.89. The normalized spacial score (nSPS) is 10.3. The van der Waals surface area contributed by atoms with E-state index >= 15 is 0 Å². The molecule has 1 aromatic carbocycles. The summed E-state index contributed by atoms with van der Waals surface area (Å²) in [7, 11) is 0. The maximum Gasteiger partial charge on any atom is 0.271 e. The lowest BCUT2D eigenvalue weighted by molar-refractivity contribution is 0.506. The largest absolute Gasteiger partial charge is 0.452 e. The summed E-state index contributed by atoms with van der Waals surface area (Å²) in [5, 5.41) is 0. The van der Waals surface area contributed by atoms with Crippen molar-refractivity contribution in [1.82, 2.24) is 0 Å². The van der Waals surface area contributed by atoms with Gasteiger partial charge >= 0.3 is 0 Å². The first-order valence-corrected chi connectivity index (χ1v) is 4.14. The monoisotopic (exact) mass is 207 g/mol. The third-order valence-electron chi connectivity index (χ3n) is 1.91. The molecule has 0 fully saturated rings. The van der Waals surface area contributed by atoms with Gasteiger partial charge in [0.2, 0.25) is 0 Å². The minimum absolute atomic E-state index is 0.0229. The van der Waals surface area contributed by atoms with Crippen molar-refractivity contribution in [2.45, 2.75) is 0 Å². The van der Waals surface area contributed by atoms with E-state index in [1.165, 1.54) is 18.2 Å². The summed E-state index contributed by atoms with van der Waals surface area (Å²) in [5.74, 6) is -1.56. The van der Waals surface area contributed by atoms with Crippen LogP contribution in [0.15, 0.2) is 34.7 Å². The minimum atomic E-state index is -0.958. The van der Waals surface area contributed by atoms with Crippen LogP contribution in [0.2, 0.25) is 0 Å². The third kappa shape index (κ3) is 1.79. The van der Waals surface area contributed by atoms with E-state index in [1.54, 1.807) is 6.29 Å². The predicted octanol–water partition coefficient (Wildman–Crippen LogP) is 2.68. The lowest BCUT2D eigenvalue weighted by atomic mass is 10.1. The summed E-state index contributed by atoms with van der Waals surface area (Å²) in [4.78, 5) is 10.2. The number of carbonyl (C=O) groups excluding carboxylic acids is 1. The Balaban J connectivity index is 2.44. The molecule has 0 saturated heterocycles. The van der Waals surface area contributed by atoms with Crippen molar-refractivity contribution in [2.75, 3.05) is 0 Å². The van der Waals surface area contributed by atoms with E-state index in [0.717, 1.165) is 12.1 Å². The first-order chi connectivity index (χ1) is 7.20. The van der Waals surface area contributed by atoms with E-state index in [1.807, 2.05) is 0 Å². The molecule has 0 bridgehead atoms. The molecule has 2 nitrogen and oxygen atoms in total. The van der Waals surface area contributed by atoms with Crippen molar-refractivity contribution >= 4 is 6.29 Å². The highest BCUT2D eigenvalue weighted by Gasteiger charge is 2.08. The molecule has 2 rings (SSSR count). The number of benzene rings is 1. The van der Waals surface area contributed by atoms with E-state index in [9.17, 15) is 13.6 Å². The third-order valence-corrected chi connectivity index (χ3v) is 1.91. The molecule has 1 heterocycles. The van der Waals surface area contributed by atoms with E-state index in [4.69, 9.17) is 4.42 Å². The van der Waals surface area contributed by atoms with Gasteiger partial charge in [-0.25, -0.2) is 8.78 Å². The highest BCUT2D eigenvalue weighted by molar-refractivity contribution is 5.73. The molecular weight excluding hydrogens is 202 g/mol. The van der Waals surface area contributed by atoms with Crippen LogP contribution in [0.1, 0.15) is 5.76 Å². The highest BCUT2D eigenvalue weighted by atomic mass is 19.2. The second kappa shape index (κ2) is 3.65. The molecule has 0 aliphatic carbocycles. The second-order valence-corrected chi connectivity index (χ2v) is 2.89. The molecule has 15 heavy (non-hydrogen) atoms. The Bertz CT molecular complexity index is 503. The van der Waals surface area contributed by atoms with Gasteiger partial charge in [-0.05, 0) is 30.3 Å². The number of hydrogen-bond acceptors (Lipinski definition) is 2. The van der Waals surface area contributed by atoms with E-state index in [0.29, 0.717) is 11.3 Å². The van der Waals surface area contributed by atoms with Gasteiger partial charge in [-0.2, -0.15) is 0 Å². The van der Waals surface area contributed by atoms with Gasteiger partial charge in [0, 0.05) is 5.56 Å². The first-order valence-electron chi connectivity index (χ1n) is 4.14. The topological polar surface area (TPSA) is 30.2 Å². The average molecular weight is 207 g/mol. The molecule has 0 unspecified atom stereocenters. The van der Waals surface area contributed by atoms with E-state index in [-0.39, 0.29) is 5.76 Å². The van der Waals surface area contributed by atoms with Crippen molar-refractivity contribution in [2.24, 2.45) is 0 Å². The van der Waals surface area contributed by atoms with Crippen LogP contribution in [-0.2, 0) is 4.79 Å². The number of furan rings is 1. The van der Waals surface area contributed by atoms with Crippen LogP contribution in [-0.4, -0.2) is 6.29 Å². The van der Waals surface area contributed by atoms with Crippen molar-refractivity contribution in [3.05, 3.63) is 47.7 Å². The molecule has 1 radical (unpaired) electrons. The summed E-state index contributed by atoms with van der Waals surface area (Å²) in [6.45, 7) is 0. The smallest absolute Gasteiger partial charge is 0.271 e. The van der Waals surface area contributed by atoms with E-state index < -0.39 is 11.6 Å². The molecule has 0 atom stereocenters. The van der Waals surface area contributed by atoms with Gasteiger partial charge in [0.05, 0.1) is 0 Å². The lowest BCUT2D eigenvalue weighted by Gasteiger charge is -1.97. The summed E-state index contributed by atoms with van der Waals surface area (Å²) in [6.07, 6.45) is 1.56. The molecule has 2 aromatic rings. The molecule has 4 heteroatoms. The van der Waals surface area contributed by atoms with Crippen molar-refractivity contribution in [3.8, 4) is 11.3 Å². The van der Waals surface area contributed by atoms with Crippen molar-refractivity contribution < 1.29 is 18.0 Å². The maximum atomic E-state index is 12.9. The molecule has 0 aliphatic rings. The SMILES string of the molecule is O=[C]c1ccc(-c2ccc(F)c(F)c2)o1. The van der Waals surface area contributed by atoms with E-state index in [2.05, 4.69) is 0 Å². The van der Waals surface area contributed by atoms with Gasteiger partial charge in [-0.3, -0.25) is 4.79 Å². The zero-order valence-corrected chi connectivity index (χ0v) is 7.46. The molecule has 0 saturated carbocycles. The molecule has 0 N–H and O–H groups in total. The van der Waals surface area contributed by atoms with Gasteiger partial charge in [0.1, 0.15) is 5.76 Å². The van der Waals surface area contributed by atoms with Gasteiger partial charge in [-0.1, -0.05) is 0 Å². The van der Waals surface area contributed by atoms with Crippen molar-refractivity contribution in [1.29, 1.82) is 0 Å². The zero-order valence-electron chi connectivity index (χ0n) is 7.46. The Kier molecular flexibility index (Phi) is 2.33. The molecule has 75 valence electrons. The Morgan fingerprint density at radius 3 is 2.47 bits per heavy atom. The standard InChI is InChI=1S/C11H5F2O2/c12-9-3-1-7(5-10(9)13)11-4-2-8(6-14)15-11/h1-5H. The van der Waals surface area contributed by atoms with Gasteiger partial charge in [0.15, 0.2) is 17.4 Å². The predicted molar refractivity (Wildman–Crippen MR) is 48.9 cm³/mol. The molecule has 0 amide bonds. The number of hydrogen-bond donors (Lipinski definition) is 0. The molecule has 1 aromatic heterocycles. The maximum absolute atomic E-state index is 12.9. The van der Waals surface area contributed by atoms with Crippen LogP contribution in [0.3, 0.4) is 0 Å². The molecule has 0 aliphatic heterocycles. The summed E-state index contributed by atoms with van der Waals surface area (Å²) < 4.78 is 30.5. The average Bonchev–Trinajstić information content (AvgIpc) is 2.70. The Labute approximate surface area is 84.1 Å². The van der Waals surface area contributed by atoms with Gasteiger partial charge < -0.3 is 4.42 Å². The summed E-state index contributed by atoms with van der Waals surface area (Å²) in [6, 6.07) is 6.27. The fourth-order valence-electron chi connectivity index (χ4n) is 1.20.